The van der Waals surface area contributed by atoms with Crippen LogP contribution in [0.2, 0.25) is 5.15 Å². The smallest absolute Gasteiger partial charge is 0.244 e. The zero-order chi connectivity index (χ0) is 14.8. The van der Waals surface area contributed by atoms with Crippen molar-refractivity contribution in [2.75, 3.05) is 18.4 Å². The highest BCUT2D eigenvalue weighted by molar-refractivity contribution is 6.29. The fourth-order valence-electron chi connectivity index (χ4n) is 2.70. The predicted molar refractivity (Wildman–Crippen MR) is 82.5 cm³/mol. The molecule has 1 atom stereocenters. The molecule has 1 aliphatic heterocycles. The van der Waals surface area contributed by atoms with Gasteiger partial charge >= 0.3 is 0 Å². The van der Waals surface area contributed by atoms with Crippen molar-refractivity contribution < 1.29 is 4.79 Å². The Bertz CT molecular complexity index is 526. The minimum Gasteiger partial charge on any atom is -0.358 e. The van der Waals surface area contributed by atoms with E-state index in [1.807, 2.05) is 11.8 Å². The van der Waals surface area contributed by atoms with Crippen LogP contribution in [0.5, 0.6) is 0 Å². The summed E-state index contributed by atoms with van der Waals surface area (Å²) in [5.74, 6) is 2.02. The van der Waals surface area contributed by atoms with Crippen LogP contribution < -0.4 is 5.32 Å². The zero-order valence-electron chi connectivity index (χ0n) is 12.3. The molecule has 2 aliphatic rings. The number of rotatable bonds is 4. The molecule has 1 saturated carbocycles. The number of carbonyl (C=O) groups excluding carboxylic acids is 1. The van der Waals surface area contributed by atoms with E-state index < -0.39 is 0 Å². The van der Waals surface area contributed by atoms with Crippen molar-refractivity contribution in [3.8, 4) is 0 Å². The number of hydrogen-bond donors (Lipinski definition) is 1. The Morgan fingerprint density at radius 2 is 2.05 bits per heavy atom. The number of nitrogens with zero attached hydrogens (tertiary/aromatic N) is 3. The SMILES string of the molecule is CC(Nc1cc(Cl)nc(C2CC2)n1)C(=O)N1CCCCC1. The first-order chi connectivity index (χ1) is 10.1. The van der Waals surface area contributed by atoms with E-state index in [-0.39, 0.29) is 11.9 Å². The van der Waals surface area contributed by atoms with Gasteiger partial charge in [-0.15, -0.1) is 0 Å². The third kappa shape index (κ3) is 3.64. The Hall–Kier alpha value is -1.36. The lowest BCUT2D eigenvalue weighted by molar-refractivity contribution is -0.132. The van der Waals surface area contributed by atoms with Crippen molar-refractivity contribution >= 4 is 23.3 Å². The van der Waals surface area contributed by atoms with E-state index >= 15 is 0 Å². The molecule has 0 radical (unpaired) electrons. The Labute approximate surface area is 130 Å². The fourth-order valence-corrected chi connectivity index (χ4v) is 2.89. The molecule has 1 aromatic rings. The van der Waals surface area contributed by atoms with Gasteiger partial charge in [-0.05, 0) is 39.0 Å². The van der Waals surface area contributed by atoms with Crippen LogP contribution in [0.3, 0.4) is 0 Å². The molecule has 1 amide bonds. The van der Waals surface area contributed by atoms with Gasteiger partial charge in [0.15, 0.2) is 0 Å². The maximum Gasteiger partial charge on any atom is 0.244 e. The van der Waals surface area contributed by atoms with Crippen LogP contribution in [0.25, 0.3) is 0 Å². The first kappa shape index (κ1) is 14.6. The molecule has 1 N–H and O–H groups in total. The van der Waals surface area contributed by atoms with Crippen molar-refractivity contribution in [1.29, 1.82) is 0 Å². The van der Waals surface area contributed by atoms with Crippen molar-refractivity contribution in [2.45, 2.75) is 51.0 Å². The second-order valence-corrected chi connectivity index (χ2v) is 6.35. The van der Waals surface area contributed by atoms with Gasteiger partial charge in [0.2, 0.25) is 5.91 Å². The minimum atomic E-state index is -0.291. The highest BCUT2D eigenvalue weighted by Gasteiger charge is 2.28. The van der Waals surface area contributed by atoms with Crippen LogP contribution in [0, 0.1) is 0 Å². The zero-order valence-corrected chi connectivity index (χ0v) is 13.1. The Kier molecular flexibility index (Phi) is 4.29. The van der Waals surface area contributed by atoms with Gasteiger partial charge in [0.25, 0.3) is 0 Å². The van der Waals surface area contributed by atoms with Crippen LogP contribution >= 0.6 is 11.6 Å². The normalized spacial score (nSPS) is 20.2. The first-order valence-electron chi connectivity index (χ1n) is 7.73. The molecule has 6 heteroatoms. The van der Waals surface area contributed by atoms with Gasteiger partial charge in [-0.1, -0.05) is 11.6 Å². The molecule has 1 aromatic heterocycles. The number of piperidine rings is 1. The van der Waals surface area contributed by atoms with Crippen molar-refractivity contribution in [3.05, 3.63) is 17.0 Å². The predicted octanol–water partition coefficient (Wildman–Crippen LogP) is 2.82. The standard InChI is InChI=1S/C15H21ClN4O/c1-10(15(21)20-7-3-2-4-8-20)17-13-9-12(16)18-14(19-13)11-5-6-11/h9-11H,2-8H2,1H3,(H,17,18,19). The number of anilines is 1. The molecule has 2 heterocycles. The molecule has 1 aliphatic carbocycles. The van der Waals surface area contributed by atoms with Gasteiger partial charge in [0.05, 0.1) is 0 Å². The highest BCUT2D eigenvalue weighted by atomic mass is 35.5. The lowest BCUT2D eigenvalue weighted by Crippen LogP contribution is -2.44. The summed E-state index contributed by atoms with van der Waals surface area (Å²) in [6, 6.07) is 1.40. The quantitative estimate of drug-likeness (QED) is 0.869. The molecule has 0 aromatic carbocycles. The summed E-state index contributed by atoms with van der Waals surface area (Å²) in [5.41, 5.74) is 0. The molecule has 0 bridgehead atoms. The third-order valence-electron chi connectivity index (χ3n) is 4.06. The van der Waals surface area contributed by atoms with Crippen molar-refractivity contribution in [2.24, 2.45) is 0 Å². The van der Waals surface area contributed by atoms with E-state index in [0.29, 0.717) is 16.9 Å². The Balaban J connectivity index is 1.66. The topological polar surface area (TPSA) is 58.1 Å². The van der Waals surface area contributed by atoms with Gasteiger partial charge in [-0.25, -0.2) is 9.97 Å². The molecule has 1 unspecified atom stereocenters. The van der Waals surface area contributed by atoms with Crippen LogP contribution in [0.15, 0.2) is 6.07 Å². The second kappa shape index (κ2) is 6.18. The number of aromatic nitrogens is 2. The summed E-state index contributed by atoms with van der Waals surface area (Å²) in [6.07, 6.45) is 5.68. The molecular weight excluding hydrogens is 288 g/mol. The van der Waals surface area contributed by atoms with E-state index in [1.54, 1.807) is 6.07 Å². The first-order valence-corrected chi connectivity index (χ1v) is 8.11. The van der Waals surface area contributed by atoms with Crippen LogP contribution in [0.4, 0.5) is 5.82 Å². The number of carbonyl (C=O) groups is 1. The number of hydrogen-bond acceptors (Lipinski definition) is 4. The molecule has 5 nitrogen and oxygen atoms in total. The summed E-state index contributed by atoms with van der Waals surface area (Å²) >= 11 is 6.05. The Morgan fingerprint density at radius 3 is 2.71 bits per heavy atom. The summed E-state index contributed by atoms with van der Waals surface area (Å²) in [7, 11) is 0. The van der Waals surface area contributed by atoms with E-state index in [4.69, 9.17) is 11.6 Å². The number of likely N-dealkylation sites (tertiary alicyclic amines) is 1. The van der Waals surface area contributed by atoms with Gasteiger partial charge in [0.1, 0.15) is 22.8 Å². The second-order valence-electron chi connectivity index (χ2n) is 5.96. The summed E-state index contributed by atoms with van der Waals surface area (Å²) < 4.78 is 0. The summed E-state index contributed by atoms with van der Waals surface area (Å²) in [6.45, 7) is 3.61. The third-order valence-corrected chi connectivity index (χ3v) is 4.25. The van der Waals surface area contributed by atoms with Gasteiger partial charge in [-0.2, -0.15) is 0 Å². The minimum absolute atomic E-state index is 0.136. The van der Waals surface area contributed by atoms with Crippen molar-refractivity contribution in [3.63, 3.8) is 0 Å². The maximum atomic E-state index is 12.4. The van der Waals surface area contributed by atoms with Gasteiger partial charge in [0, 0.05) is 25.1 Å². The molecule has 1 saturated heterocycles. The van der Waals surface area contributed by atoms with E-state index in [0.717, 1.165) is 44.6 Å². The molecular formula is C15H21ClN4O. The summed E-state index contributed by atoms with van der Waals surface area (Å²) in [5, 5.41) is 3.61. The Morgan fingerprint density at radius 1 is 1.33 bits per heavy atom. The average Bonchev–Trinajstić information content (AvgIpc) is 3.31. The van der Waals surface area contributed by atoms with Crippen LogP contribution in [-0.2, 0) is 4.79 Å². The lowest BCUT2D eigenvalue weighted by Gasteiger charge is -2.29. The summed E-state index contributed by atoms with van der Waals surface area (Å²) in [4.78, 5) is 23.1. The van der Waals surface area contributed by atoms with Crippen LogP contribution in [0.1, 0.15) is 50.8 Å². The van der Waals surface area contributed by atoms with Gasteiger partial charge in [-0.3, -0.25) is 4.79 Å². The maximum absolute atomic E-state index is 12.4. The monoisotopic (exact) mass is 308 g/mol. The fraction of sp³-hybridized carbons (Fsp3) is 0.667. The number of nitrogens with one attached hydrogen (secondary N) is 1. The molecule has 21 heavy (non-hydrogen) atoms. The lowest BCUT2D eigenvalue weighted by atomic mass is 10.1. The van der Waals surface area contributed by atoms with Gasteiger partial charge < -0.3 is 10.2 Å². The highest BCUT2D eigenvalue weighted by Crippen LogP contribution is 2.38. The van der Waals surface area contributed by atoms with E-state index in [1.165, 1.54) is 6.42 Å². The number of halogens is 1. The largest absolute Gasteiger partial charge is 0.358 e. The number of amides is 1. The van der Waals surface area contributed by atoms with E-state index in [9.17, 15) is 4.79 Å². The average molecular weight is 309 g/mol. The van der Waals surface area contributed by atoms with E-state index in [2.05, 4.69) is 15.3 Å². The van der Waals surface area contributed by atoms with Crippen LogP contribution in [-0.4, -0.2) is 39.9 Å². The molecule has 0 spiro atoms. The van der Waals surface area contributed by atoms with Crippen molar-refractivity contribution in [1.82, 2.24) is 14.9 Å². The molecule has 114 valence electrons. The molecule has 3 rings (SSSR count). The molecule has 2 fully saturated rings.